The van der Waals surface area contributed by atoms with Crippen LogP contribution in [0.3, 0.4) is 0 Å². The molecule has 2 aromatic carbocycles. The fraction of sp³-hybridized carbons (Fsp3) is 0.217. The Labute approximate surface area is 174 Å². The second-order valence-corrected chi connectivity index (χ2v) is 7.29. The Morgan fingerprint density at radius 2 is 1.93 bits per heavy atom. The highest BCUT2D eigenvalue weighted by atomic mass is 35.5. The number of fused-ring (bicyclic) bond motifs is 3. The standard InChI is InChI=1S/C23H21ClN4O/c1-15-17(13-16-7-3-4-8-19(16)24)22(26-11-12-29-2)28-21-10-6-5-9-20(21)27-23(28)18(15)14-25/h3-10,26H,11-13H2,1-2H3. The van der Waals surface area contributed by atoms with Crippen molar-refractivity contribution in [3.05, 3.63) is 75.8 Å². The summed E-state index contributed by atoms with van der Waals surface area (Å²) >= 11 is 6.45. The molecule has 0 aliphatic carbocycles. The number of para-hydroxylation sites is 2. The number of aromatic nitrogens is 2. The first-order valence-corrected chi connectivity index (χ1v) is 9.82. The van der Waals surface area contributed by atoms with Gasteiger partial charge in [-0.3, -0.25) is 4.40 Å². The molecule has 1 N–H and O–H groups in total. The zero-order chi connectivity index (χ0) is 20.4. The van der Waals surface area contributed by atoms with Gasteiger partial charge >= 0.3 is 0 Å². The number of ether oxygens (including phenoxy) is 1. The zero-order valence-electron chi connectivity index (χ0n) is 16.4. The highest BCUT2D eigenvalue weighted by molar-refractivity contribution is 6.31. The third-order valence-corrected chi connectivity index (χ3v) is 5.53. The molecule has 0 saturated heterocycles. The van der Waals surface area contributed by atoms with Crippen molar-refractivity contribution in [1.82, 2.24) is 9.38 Å². The Hall–Kier alpha value is -3.07. The molecular formula is C23H21ClN4O. The molecule has 0 saturated carbocycles. The van der Waals surface area contributed by atoms with Gasteiger partial charge in [0.05, 0.1) is 23.2 Å². The molecule has 4 aromatic rings. The van der Waals surface area contributed by atoms with Crippen LogP contribution in [0.5, 0.6) is 0 Å². The normalized spacial score (nSPS) is 11.1. The van der Waals surface area contributed by atoms with Crippen LogP contribution in [-0.4, -0.2) is 29.6 Å². The van der Waals surface area contributed by atoms with Crippen molar-refractivity contribution in [2.75, 3.05) is 25.6 Å². The predicted molar refractivity (Wildman–Crippen MR) is 117 cm³/mol. The minimum atomic E-state index is 0.568. The van der Waals surface area contributed by atoms with E-state index in [1.54, 1.807) is 7.11 Å². The van der Waals surface area contributed by atoms with Gasteiger partial charge in [-0.1, -0.05) is 41.9 Å². The van der Waals surface area contributed by atoms with Gasteiger partial charge in [-0.05, 0) is 36.2 Å². The summed E-state index contributed by atoms with van der Waals surface area (Å²) < 4.78 is 7.28. The molecule has 0 fully saturated rings. The van der Waals surface area contributed by atoms with Gasteiger partial charge in [0.25, 0.3) is 0 Å². The molecule has 4 rings (SSSR count). The molecule has 29 heavy (non-hydrogen) atoms. The SMILES string of the molecule is COCCNc1c(Cc2ccccc2Cl)c(C)c(C#N)c2nc3ccccc3n12. The lowest BCUT2D eigenvalue weighted by molar-refractivity contribution is 0.210. The van der Waals surface area contributed by atoms with Gasteiger partial charge in [0.1, 0.15) is 11.9 Å². The summed E-state index contributed by atoms with van der Waals surface area (Å²) in [7, 11) is 1.68. The molecule has 0 aliphatic heterocycles. The summed E-state index contributed by atoms with van der Waals surface area (Å²) in [6.07, 6.45) is 0.609. The Morgan fingerprint density at radius 3 is 2.69 bits per heavy atom. The summed E-state index contributed by atoms with van der Waals surface area (Å²) in [5.74, 6) is 0.919. The average molecular weight is 405 g/mol. The first-order chi connectivity index (χ1) is 14.2. The van der Waals surface area contributed by atoms with Gasteiger partial charge in [-0.2, -0.15) is 5.26 Å². The van der Waals surface area contributed by atoms with Crippen molar-refractivity contribution in [2.45, 2.75) is 13.3 Å². The molecule has 0 unspecified atom stereocenters. The number of methoxy groups -OCH3 is 1. The lowest BCUT2D eigenvalue weighted by atomic mass is 9.97. The van der Waals surface area contributed by atoms with E-state index < -0.39 is 0 Å². The van der Waals surface area contributed by atoms with E-state index in [-0.39, 0.29) is 0 Å². The van der Waals surface area contributed by atoms with Crippen LogP contribution in [0.2, 0.25) is 5.02 Å². The lowest BCUT2D eigenvalue weighted by Gasteiger charge is -2.19. The van der Waals surface area contributed by atoms with Crippen LogP contribution in [-0.2, 0) is 11.2 Å². The molecule has 146 valence electrons. The van der Waals surface area contributed by atoms with E-state index >= 15 is 0 Å². The number of nitrogens with one attached hydrogen (secondary N) is 1. The van der Waals surface area contributed by atoms with E-state index in [1.165, 1.54) is 0 Å². The van der Waals surface area contributed by atoms with Gasteiger partial charge in [0, 0.05) is 30.7 Å². The summed E-state index contributed by atoms with van der Waals surface area (Å²) in [6.45, 7) is 3.18. The maximum absolute atomic E-state index is 9.92. The Kier molecular flexibility index (Phi) is 5.39. The third-order valence-electron chi connectivity index (χ3n) is 5.16. The van der Waals surface area contributed by atoms with E-state index in [0.29, 0.717) is 35.8 Å². The number of anilines is 1. The van der Waals surface area contributed by atoms with Gasteiger partial charge in [0.15, 0.2) is 5.65 Å². The van der Waals surface area contributed by atoms with Gasteiger partial charge < -0.3 is 10.1 Å². The topological polar surface area (TPSA) is 62.3 Å². The smallest absolute Gasteiger partial charge is 0.157 e. The van der Waals surface area contributed by atoms with E-state index in [4.69, 9.17) is 21.3 Å². The number of benzene rings is 2. The fourth-order valence-electron chi connectivity index (χ4n) is 3.69. The molecule has 0 radical (unpaired) electrons. The van der Waals surface area contributed by atoms with Crippen LogP contribution in [0.4, 0.5) is 5.82 Å². The minimum absolute atomic E-state index is 0.568. The first-order valence-electron chi connectivity index (χ1n) is 9.44. The van der Waals surface area contributed by atoms with E-state index in [2.05, 4.69) is 11.4 Å². The maximum atomic E-state index is 9.92. The molecule has 0 spiro atoms. The molecule has 2 heterocycles. The summed E-state index contributed by atoms with van der Waals surface area (Å²) in [4.78, 5) is 4.74. The van der Waals surface area contributed by atoms with Crippen LogP contribution in [0.25, 0.3) is 16.7 Å². The number of nitrogens with zero attached hydrogens (tertiary/aromatic N) is 3. The largest absolute Gasteiger partial charge is 0.383 e. The molecule has 0 aliphatic rings. The number of hydrogen-bond donors (Lipinski definition) is 1. The summed E-state index contributed by atoms with van der Waals surface area (Å²) in [5, 5.41) is 14.1. The monoisotopic (exact) mass is 404 g/mol. The van der Waals surface area contributed by atoms with Gasteiger partial charge in [-0.15, -0.1) is 0 Å². The number of nitriles is 1. The number of rotatable bonds is 6. The highest BCUT2D eigenvalue weighted by Crippen LogP contribution is 2.33. The second-order valence-electron chi connectivity index (χ2n) is 6.89. The molecule has 6 heteroatoms. The van der Waals surface area contributed by atoms with Gasteiger partial charge in [-0.25, -0.2) is 4.98 Å². The van der Waals surface area contributed by atoms with Crippen LogP contribution < -0.4 is 5.32 Å². The number of imidazole rings is 1. The van der Waals surface area contributed by atoms with E-state index in [0.717, 1.165) is 33.5 Å². The molecule has 0 bridgehead atoms. The lowest BCUT2D eigenvalue weighted by Crippen LogP contribution is -2.15. The Bertz CT molecular complexity index is 1240. The molecule has 5 nitrogen and oxygen atoms in total. The molecule has 0 amide bonds. The minimum Gasteiger partial charge on any atom is -0.383 e. The van der Waals surface area contributed by atoms with E-state index in [9.17, 15) is 5.26 Å². The van der Waals surface area contributed by atoms with Crippen LogP contribution in [0.15, 0.2) is 48.5 Å². The third kappa shape index (κ3) is 3.42. The molecular weight excluding hydrogens is 384 g/mol. The maximum Gasteiger partial charge on any atom is 0.157 e. The quantitative estimate of drug-likeness (QED) is 0.461. The highest BCUT2D eigenvalue weighted by Gasteiger charge is 2.21. The summed E-state index contributed by atoms with van der Waals surface area (Å²) in [5.41, 5.74) is 6.01. The molecule has 0 atom stereocenters. The van der Waals surface area contributed by atoms with Gasteiger partial charge in [0.2, 0.25) is 0 Å². The molecule has 2 aromatic heterocycles. The Morgan fingerprint density at radius 1 is 1.17 bits per heavy atom. The second kappa shape index (κ2) is 8.12. The van der Waals surface area contributed by atoms with Crippen LogP contribution in [0, 0.1) is 18.3 Å². The van der Waals surface area contributed by atoms with E-state index in [1.807, 2.05) is 59.9 Å². The van der Waals surface area contributed by atoms with Crippen molar-refractivity contribution in [1.29, 1.82) is 5.26 Å². The fourth-order valence-corrected chi connectivity index (χ4v) is 3.89. The number of halogens is 1. The first kappa shape index (κ1) is 19.3. The zero-order valence-corrected chi connectivity index (χ0v) is 17.1. The number of hydrogen-bond acceptors (Lipinski definition) is 4. The van der Waals surface area contributed by atoms with Crippen molar-refractivity contribution >= 4 is 34.1 Å². The van der Waals surface area contributed by atoms with Crippen molar-refractivity contribution in [3.8, 4) is 6.07 Å². The Balaban J connectivity index is 2.03. The van der Waals surface area contributed by atoms with Crippen molar-refractivity contribution in [2.24, 2.45) is 0 Å². The average Bonchev–Trinajstić information content (AvgIpc) is 3.11. The van der Waals surface area contributed by atoms with Crippen molar-refractivity contribution in [3.63, 3.8) is 0 Å². The predicted octanol–water partition coefficient (Wildman–Crippen LogP) is 4.97. The van der Waals surface area contributed by atoms with Crippen LogP contribution in [0.1, 0.15) is 22.3 Å². The summed E-state index contributed by atoms with van der Waals surface area (Å²) in [6, 6.07) is 18.1. The van der Waals surface area contributed by atoms with Crippen LogP contribution >= 0.6 is 11.6 Å². The number of pyridine rings is 1. The van der Waals surface area contributed by atoms with Crippen molar-refractivity contribution < 1.29 is 4.74 Å².